The molecule has 0 radical (unpaired) electrons. The van der Waals surface area contributed by atoms with Gasteiger partial charge in [-0.1, -0.05) is 106 Å². The Morgan fingerprint density at radius 2 is 1.54 bits per heavy atom. The Bertz CT molecular complexity index is 2020. The molecule has 1 unspecified atom stereocenters. The van der Waals surface area contributed by atoms with Crippen LogP contribution in [0.25, 0.3) is 0 Å². The molecule has 0 amide bonds. The summed E-state index contributed by atoms with van der Waals surface area (Å²) in [5.41, 5.74) is 3.11. The first-order valence-corrected chi connectivity index (χ1v) is 26.1. The zero-order valence-corrected chi connectivity index (χ0v) is 42.0. The summed E-state index contributed by atoms with van der Waals surface area (Å²) in [6, 6.07) is 14.4. The lowest BCUT2D eigenvalue weighted by atomic mass is 9.65. The summed E-state index contributed by atoms with van der Waals surface area (Å²) in [7, 11) is 2.89. The van der Waals surface area contributed by atoms with Crippen molar-refractivity contribution in [2.24, 2.45) is 29.1 Å². The monoisotopic (exact) mass is 966 g/mol. The molecule has 3 aliphatic rings. The van der Waals surface area contributed by atoms with Crippen molar-refractivity contribution in [3.63, 3.8) is 0 Å². The van der Waals surface area contributed by atoms with Crippen LogP contribution in [-0.4, -0.2) is 91.1 Å². The fourth-order valence-electron chi connectivity index (χ4n) is 8.49. The van der Waals surface area contributed by atoms with Crippen molar-refractivity contribution in [2.75, 3.05) is 31.3 Å². The van der Waals surface area contributed by atoms with Crippen molar-refractivity contribution >= 4 is 51.8 Å². The van der Waals surface area contributed by atoms with Crippen molar-refractivity contribution in [1.82, 2.24) is 0 Å². The van der Waals surface area contributed by atoms with Crippen LogP contribution in [0, 0.1) is 29.1 Å². The summed E-state index contributed by atoms with van der Waals surface area (Å²) in [5, 5.41) is 9.20. The molecule has 0 bridgehead atoms. The molecule has 8 atom stereocenters. The van der Waals surface area contributed by atoms with Crippen LogP contribution in [0.15, 0.2) is 72.3 Å². The number of aromatic carboxylic acids is 1. The number of benzene rings is 2. The average Bonchev–Trinajstić information content (AvgIpc) is 3.27. The average molecular weight is 967 g/mol. The second-order valence-corrected chi connectivity index (χ2v) is 22.2. The topological polar surface area (TPSA) is 170 Å². The zero-order chi connectivity index (χ0) is 48.7. The summed E-state index contributed by atoms with van der Waals surface area (Å²) in [6.45, 7) is 16.9. The predicted octanol–water partition coefficient (Wildman–Crippen LogP) is 11.4. The van der Waals surface area contributed by atoms with Crippen LogP contribution in [0.3, 0.4) is 0 Å². The predicted molar refractivity (Wildman–Crippen MR) is 259 cm³/mol. The maximum atomic E-state index is 13.2. The zero-order valence-electron chi connectivity index (χ0n) is 40.3. The second-order valence-electron chi connectivity index (χ2n) is 19.5. The molecule has 0 saturated carbocycles. The van der Waals surface area contributed by atoms with Gasteiger partial charge in [-0.2, -0.15) is 0 Å². The SMILES string of the molecule is CCC(C)(C)C(=O)O[C@H]1C[C@@H](C)C=C2C=C[C@H](C)[C@H](CC[C@@H]3C[C@@H](OC(=O)OCCSSCCOC(=O)OC(CCc4ccc(C(C)(C)C)cc4)COc4ccc(C(=O)O)cc4)CC(=O)O3)[C@H]21. The minimum Gasteiger partial charge on any atom is -0.490 e. The molecule has 2 aromatic rings. The highest BCUT2D eigenvalue weighted by molar-refractivity contribution is 8.76. The van der Waals surface area contributed by atoms with Gasteiger partial charge in [0.2, 0.25) is 0 Å². The maximum Gasteiger partial charge on any atom is 0.508 e. The number of carbonyl (C=O) groups is 5. The third-order valence-electron chi connectivity index (χ3n) is 12.8. The number of esters is 2. The number of carboxylic acids is 1. The summed E-state index contributed by atoms with van der Waals surface area (Å²) >= 11 is 0. The molecule has 0 spiro atoms. The van der Waals surface area contributed by atoms with E-state index in [1.165, 1.54) is 44.9 Å². The summed E-state index contributed by atoms with van der Waals surface area (Å²) in [4.78, 5) is 62.5. The van der Waals surface area contributed by atoms with Crippen molar-refractivity contribution in [2.45, 2.75) is 137 Å². The van der Waals surface area contributed by atoms with E-state index in [2.05, 4.69) is 77.1 Å². The van der Waals surface area contributed by atoms with E-state index in [-0.39, 0.29) is 73.0 Å². The van der Waals surface area contributed by atoms with Gasteiger partial charge in [-0.25, -0.2) is 14.4 Å². The normalized spacial score (nSPS) is 23.1. The Hall–Kier alpha value is -4.63. The number of carboxylic acid groups (broad SMARTS) is 1. The molecule has 1 N–H and O–H groups in total. The van der Waals surface area contributed by atoms with E-state index in [9.17, 15) is 29.1 Å². The van der Waals surface area contributed by atoms with Gasteiger partial charge in [-0.15, -0.1) is 0 Å². The largest absolute Gasteiger partial charge is 0.508 e. The molecule has 1 aliphatic heterocycles. The second kappa shape index (κ2) is 25.1. The third kappa shape index (κ3) is 16.8. The number of hydrogen-bond acceptors (Lipinski definition) is 14. The molecule has 2 aliphatic carbocycles. The van der Waals surface area contributed by atoms with Gasteiger partial charge in [-0.3, -0.25) is 9.59 Å². The van der Waals surface area contributed by atoms with Crippen LogP contribution in [-0.2, 0) is 49.8 Å². The molecule has 1 saturated heterocycles. The number of ether oxygens (including phenoxy) is 7. The Balaban J connectivity index is 0.994. The number of rotatable bonds is 22. The van der Waals surface area contributed by atoms with Crippen molar-refractivity contribution in [3.8, 4) is 5.75 Å². The molecule has 5 rings (SSSR count). The fourth-order valence-corrected chi connectivity index (χ4v) is 10.1. The van der Waals surface area contributed by atoms with Crippen molar-refractivity contribution < 1.29 is 62.2 Å². The highest BCUT2D eigenvalue weighted by Gasteiger charge is 2.43. The van der Waals surface area contributed by atoms with E-state index in [0.29, 0.717) is 49.4 Å². The Morgan fingerprint density at radius 1 is 0.866 bits per heavy atom. The van der Waals surface area contributed by atoms with E-state index in [4.69, 9.17) is 33.2 Å². The number of fused-ring (bicyclic) bond motifs is 1. The van der Waals surface area contributed by atoms with Gasteiger partial charge < -0.3 is 38.3 Å². The first-order chi connectivity index (χ1) is 31.8. The quantitative estimate of drug-likeness (QED) is 0.0511. The lowest BCUT2D eigenvalue weighted by molar-refractivity contribution is -0.166. The molecule has 368 valence electrons. The van der Waals surface area contributed by atoms with Crippen LogP contribution in [0.1, 0.15) is 122 Å². The molecular formula is C52H70O13S2. The lowest BCUT2D eigenvalue weighted by Crippen LogP contribution is -2.43. The van der Waals surface area contributed by atoms with E-state index >= 15 is 0 Å². The van der Waals surface area contributed by atoms with E-state index in [1.807, 2.05) is 20.8 Å². The molecule has 0 aromatic heterocycles. The van der Waals surface area contributed by atoms with Gasteiger partial charge in [0.1, 0.15) is 50.0 Å². The van der Waals surface area contributed by atoms with Gasteiger partial charge in [-0.05, 0) is 117 Å². The van der Waals surface area contributed by atoms with Gasteiger partial charge in [0.05, 0.1) is 17.4 Å². The molecule has 13 nitrogen and oxygen atoms in total. The molecule has 67 heavy (non-hydrogen) atoms. The molecule has 15 heteroatoms. The number of cyclic esters (lactones) is 1. The molecular weight excluding hydrogens is 897 g/mol. The van der Waals surface area contributed by atoms with E-state index in [1.54, 1.807) is 12.1 Å². The van der Waals surface area contributed by atoms with Gasteiger partial charge in [0, 0.05) is 23.8 Å². The first kappa shape index (κ1) is 53.3. The minimum absolute atomic E-state index is 0.0285. The smallest absolute Gasteiger partial charge is 0.490 e. The maximum absolute atomic E-state index is 13.2. The first-order valence-electron chi connectivity index (χ1n) is 23.6. The summed E-state index contributed by atoms with van der Waals surface area (Å²) in [5.74, 6) is 0.501. The van der Waals surface area contributed by atoms with Crippen LogP contribution in [0.2, 0.25) is 0 Å². The van der Waals surface area contributed by atoms with Crippen molar-refractivity contribution in [3.05, 3.63) is 89.0 Å². The number of aryl methyl sites for hydroxylation is 1. The van der Waals surface area contributed by atoms with Crippen LogP contribution < -0.4 is 4.74 Å². The fraction of sp³-hybridized carbons (Fsp3) is 0.596. The van der Waals surface area contributed by atoms with Crippen LogP contribution >= 0.6 is 21.6 Å². The molecule has 2 aromatic carbocycles. The Kier molecular flexibility index (Phi) is 20.0. The molecule has 1 fully saturated rings. The van der Waals surface area contributed by atoms with Crippen LogP contribution in [0.5, 0.6) is 5.75 Å². The Labute approximate surface area is 404 Å². The minimum atomic E-state index is -1.04. The highest BCUT2D eigenvalue weighted by Crippen LogP contribution is 2.46. The number of carbonyl (C=O) groups excluding carboxylic acids is 4. The van der Waals surface area contributed by atoms with Gasteiger partial charge >= 0.3 is 30.2 Å². The van der Waals surface area contributed by atoms with Gasteiger partial charge in [0.15, 0.2) is 0 Å². The number of allylic oxidation sites excluding steroid dienone is 3. The number of hydrogen-bond donors (Lipinski definition) is 1. The van der Waals surface area contributed by atoms with E-state index < -0.39 is 48.0 Å². The molecule has 1 heterocycles. The summed E-state index contributed by atoms with van der Waals surface area (Å²) < 4.78 is 39.7. The van der Waals surface area contributed by atoms with Crippen molar-refractivity contribution in [1.29, 1.82) is 0 Å². The third-order valence-corrected chi connectivity index (χ3v) is 15.2. The summed E-state index contributed by atoms with van der Waals surface area (Å²) in [6.07, 6.45) is 7.33. The standard InChI is InChI=1S/C52H70O13S2/c1-9-52(7,8)48(56)65-44-29-33(2)28-37-14-10-34(3)43(46(37)44)23-22-40-30-42(31-45(53)62-40)64-50(58)60-25-27-67-66-26-24-59-49(57)63-41(32-61-39-20-15-36(16-21-39)47(54)55)19-13-35-11-17-38(18-12-35)51(4,5)6/h10-12,14-18,20-21,28,33-34,40-44,46H,9,13,19,22-27,29-32H2,1-8H3,(H,54,55)/t33-,34-,40+,41?,42+,43-,44-,46-/m0/s1. The Morgan fingerprint density at radius 3 is 2.18 bits per heavy atom. The highest BCUT2D eigenvalue weighted by atomic mass is 33.1. The lowest BCUT2D eigenvalue weighted by Gasteiger charge is -2.44. The van der Waals surface area contributed by atoms with Crippen LogP contribution in [0.4, 0.5) is 9.59 Å². The van der Waals surface area contributed by atoms with Gasteiger partial charge in [0.25, 0.3) is 0 Å². The van der Waals surface area contributed by atoms with E-state index in [0.717, 1.165) is 18.4 Å².